The Balaban J connectivity index is 1.37. The van der Waals surface area contributed by atoms with Gasteiger partial charge in [-0.2, -0.15) is 0 Å². The first-order valence-electron chi connectivity index (χ1n) is 10.6. The van der Waals surface area contributed by atoms with Crippen molar-refractivity contribution in [2.45, 2.75) is 13.5 Å². The van der Waals surface area contributed by atoms with E-state index in [0.29, 0.717) is 30.3 Å². The topological polar surface area (TPSA) is 51.2 Å². The molecule has 0 bridgehead atoms. The van der Waals surface area contributed by atoms with Gasteiger partial charge in [-0.15, -0.1) is 0 Å². The first-order valence-corrected chi connectivity index (χ1v) is 11.4. The van der Waals surface area contributed by atoms with Gasteiger partial charge < -0.3 is 14.2 Å². The van der Waals surface area contributed by atoms with Crippen molar-refractivity contribution >= 4 is 27.8 Å². The van der Waals surface area contributed by atoms with Crippen molar-refractivity contribution in [3.8, 4) is 11.5 Å². The minimum Gasteiger partial charge on any atom is -0.478 e. The zero-order valence-electron chi connectivity index (χ0n) is 17.5. The maximum atomic E-state index is 13.1. The molecule has 0 aliphatic carbocycles. The molecule has 0 aromatic heterocycles. The van der Waals surface area contributed by atoms with Crippen LogP contribution >= 0.6 is 15.9 Å². The summed E-state index contributed by atoms with van der Waals surface area (Å²) < 4.78 is 18.6. The Hall–Kier alpha value is -2.19. The first-order chi connectivity index (χ1) is 15.1. The second-order valence-electron chi connectivity index (χ2n) is 8.15. The Morgan fingerprint density at radius 3 is 2.61 bits per heavy atom. The molecule has 0 amide bonds. The molecule has 1 saturated heterocycles. The lowest BCUT2D eigenvalue weighted by Crippen LogP contribution is -2.43. The van der Waals surface area contributed by atoms with Crippen LogP contribution in [0.2, 0.25) is 0 Å². The number of allylic oxidation sites excluding steroid dienone is 1. The molecule has 5 rings (SSSR count). The quantitative estimate of drug-likeness (QED) is 0.614. The number of benzene rings is 2. The van der Waals surface area contributed by atoms with Crippen LogP contribution in [0.15, 0.2) is 40.6 Å². The van der Waals surface area contributed by atoms with Crippen LogP contribution in [0, 0.1) is 6.92 Å². The lowest BCUT2D eigenvalue weighted by molar-refractivity contribution is 0.0239. The molecule has 1 fully saturated rings. The van der Waals surface area contributed by atoms with E-state index in [9.17, 15) is 4.79 Å². The number of halogens is 1. The predicted octanol–water partition coefficient (Wildman–Crippen LogP) is 3.86. The Morgan fingerprint density at radius 1 is 1.10 bits per heavy atom. The third-order valence-electron chi connectivity index (χ3n) is 5.99. The third kappa shape index (κ3) is 4.28. The number of rotatable bonds is 4. The molecule has 0 unspecified atom stereocenters. The highest BCUT2D eigenvalue weighted by Crippen LogP contribution is 2.44. The van der Waals surface area contributed by atoms with E-state index in [1.807, 2.05) is 37.3 Å². The molecule has 0 N–H and O–H groups in total. The minimum absolute atomic E-state index is 0.0661. The minimum atomic E-state index is -0.0661. The van der Waals surface area contributed by atoms with E-state index < -0.39 is 0 Å². The number of hydrogen-bond donors (Lipinski definition) is 0. The van der Waals surface area contributed by atoms with Crippen LogP contribution in [0.5, 0.6) is 11.5 Å². The maximum absolute atomic E-state index is 13.1. The normalized spacial score (nSPS) is 20.3. The SMILES string of the molecule is Cc1cc2c(c3c1C(=O)/C(=C/c1ccc(Br)cc1)O3)CN(CCN1CCOCC1)CO2. The number of carbonyl (C=O) groups excluding carboxylic acids is 1. The second-order valence-corrected chi connectivity index (χ2v) is 9.06. The summed E-state index contributed by atoms with van der Waals surface area (Å²) in [6.07, 6.45) is 1.81. The summed E-state index contributed by atoms with van der Waals surface area (Å²) >= 11 is 3.44. The molecule has 2 aromatic rings. The molecule has 31 heavy (non-hydrogen) atoms. The van der Waals surface area contributed by atoms with Crippen molar-refractivity contribution in [2.75, 3.05) is 46.1 Å². The average Bonchev–Trinajstić information content (AvgIpc) is 3.12. The lowest BCUT2D eigenvalue weighted by atomic mass is 9.98. The zero-order chi connectivity index (χ0) is 21.4. The van der Waals surface area contributed by atoms with Crippen molar-refractivity contribution in [3.63, 3.8) is 0 Å². The van der Waals surface area contributed by atoms with Crippen LogP contribution in [0.1, 0.15) is 27.0 Å². The largest absolute Gasteiger partial charge is 0.478 e. The van der Waals surface area contributed by atoms with Crippen molar-refractivity contribution in [1.29, 1.82) is 0 Å². The summed E-state index contributed by atoms with van der Waals surface area (Å²) in [6.45, 7) is 8.63. The number of carbonyl (C=O) groups is 1. The molecule has 162 valence electrons. The number of ketones is 1. The second kappa shape index (κ2) is 8.74. The average molecular weight is 485 g/mol. The Morgan fingerprint density at radius 2 is 1.84 bits per heavy atom. The van der Waals surface area contributed by atoms with E-state index in [-0.39, 0.29) is 5.78 Å². The van der Waals surface area contributed by atoms with Gasteiger partial charge in [0.15, 0.2) is 5.76 Å². The van der Waals surface area contributed by atoms with Crippen LogP contribution in [-0.4, -0.2) is 61.7 Å². The van der Waals surface area contributed by atoms with Crippen LogP contribution in [0.25, 0.3) is 6.08 Å². The Kier molecular flexibility index (Phi) is 5.84. The van der Waals surface area contributed by atoms with E-state index in [4.69, 9.17) is 14.2 Å². The van der Waals surface area contributed by atoms with Gasteiger partial charge in [-0.3, -0.25) is 14.6 Å². The summed E-state index contributed by atoms with van der Waals surface area (Å²) in [4.78, 5) is 17.8. The molecular weight excluding hydrogens is 460 g/mol. The number of ether oxygens (including phenoxy) is 3. The van der Waals surface area contributed by atoms with Crippen molar-refractivity contribution in [1.82, 2.24) is 9.80 Å². The van der Waals surface area contributed by atoms with E-state index in [1.165, 1.54) is 0 Å². The van der Waals surface area contributed by atoms with Crippen molar-refractivity contribution < 1.29 is 19.0 Å². The fourth-order valence-electron chi connectivity index (χ4n) is 4.24. The third-order valence-corrected chi connectivity index (χ3v) is 6.52. The van der Waals surface area contributed by atoms with Gasteiger partial charge in [-0.25, -0.2) is 0 Å². The number of nitrogens with zero attached hydrogens (tertiary/aromatic N) is 2. The number of hydrogen-bond acceptors (Lipinski definition) is 6. The predicted molar refractivity (Wildman–Crippen MR) is 121 cm³/mol. The molecule has 2 aromatic carbocycles. The van der Waals surface area contributed by atoms with Gasteiger partial charge in [-0.1, -0.05) is 28.1 Å². The monoisotopic (exact) mass is 484 g/mol. The van der Waals surface area contributed by atoms with Crippen molar-refractivity contribution in [2.24, 2.45) is 0 Å². The summed E-state index contributed by atoms with van der Waals surface area (Å²) in [5.74, 6) is 1.76. The van der Waals surface area contributed by atoms with Gasteiger partial charge in [0.05, 0.1) is 24.3 Å². The van der Waals surface area contributed by atoms with Crippen LogP contribution in [-0.2, 0) is 11.3 Å². The van der Waals surface area contributed by atoms with Gasteiger partial charge >= 0.3 is 0 Å². The Bertz CT molecular complexity index is 1030. The van der Waals surface area contributed by atoms with E-state index >= 15 is 0 Å². The molecule has 0 spiro atoms. The molecule has 0 saturated carbocycles. The molecular formula is C24H25BrN2O4. The highest BCUT2D eigenvalue weighted by Gasteiger charge is 2.35. The van der Waals surface area contributed by atoms with Gasteiger partial charge in [0.25, 0.3) is 0 Å². The van der Waals surface area contributed by atoms with Crippen LogP contribution < -0.4 is 9.47 Å². The van der Waals surface area contributed by atoms with E-state index in [2.05, 4.69) is 25.7 Å². The molecule has 3 aliphatic heterocycles. The molecule has 0 radical (unpaired) electrons. The first kappa shape index (κ1) is 20.7. The van der Waals surface area contributed by atoms with Gasteiger partial charge in [0, 0.05) is 37.2 Å². The zero-order valence-corrected chi connectivity index (χ0v) is 19.1. The lowest BCUT2D eigenvalue weighted by Gasteiger charge is -2.33. The number of fused-ring (bicyclic) bond motifs is 3. The number of Topliss-reactive ketones (excluding diaryl/α,β-unsaturated/α-hetero) is 1. The standard InChI is InChI=1S/C24H25BrN2O4/c1-16-12-20-19(14-27(15-30-20)7-6-26-8-10-29-11-9-26)24-22(16)23(28)21(31-24)13-17-2-4-18(25)5-3-17/h2-5,12-13H,6-11,14-15H2,1H3/b21-13-. The number of aryl methyl sites for hydroxylation is 1. The highest BCUT2D eigenvalue weighted by atomic mass is 79.9. The Labute approximate surface area is 190 Å². The van der Waals surface area contributed by atoms with Gasteiger partial charge in [0.2, 0.25) is 5.78 Å². The summed E-state index contributed by atoms with van der Waals surface area (Å²) in [6, 6.07) is 9.78. The van der Waals surface area contributed by atoms with Crippen LogP contribution in [0.4, 0.5) is 0 Å². The smallest absolute Gasteiger partial charge is 0.232 e. The molecule has 0 atom stereocenters. The fraction of sp³-hybridized carbons (Fsp3) is 0.375. The summed E-state index contributed by atoms with van der Waals surface area (Å²) in [7, 11) is 0. The molecule has 3 aliphatic rings. The van der Waals surface area contributed by atoms with Gasteiger partial charge in [-0.05, 0) is 42.3 Å². The molecule has 7 heteroatoms. The molecule has 3 heterocycles. The fourth-order valence-corrected chi connectivity index (χ4v) is 4.50. The summed E-state index contributed by atoms with van der Waals surface area (Å²) in [5.41, 5.74) is 3.43. The van der Waals surface area contributed by atoms with E-state index in [1.54, 1.807) is 6.08 Å². The van der Waals surface area contributed by atoms with Gasteiger partial charge in [0.1, 0.15) is 18.2 Å². The highest BCUT2D eigenvalue weighted by molar-refractivity contribution is 9.10. The maximum Gasteiger partial charge on any atom is 0.232 e. The van der Waals surface area contributed by atoms with Crippen molar-refractivity contribution in [3.05, 3.63) is 62.8 Å². The van der Waals surface area contributed by atoms with E-state index in [0.717, 1.165) is 66.3 Å². The molecule has 6 nitrogen and oxygen atoms in total. The van der Waals surface area contributed by atoms with Crippen LogP contribution in [0.3, 0.4) is 0 Å². The number of morpholine rings is 1. The summed E-state index contributed by atoms with van der Waals surface area (Å²) in [5, 5.41) is 0.